The van der Waals surface area contributed by atoms with Crippen LogP contribution in [0, 0.1) is 0 Å². The molecule has 2 heterocycles. The second kappa shape index (κ2) is 10.9. The molecule has 0 bridgehead atoms. The number of fused-ring (bicyclic) bond motifs is 2. The zero-order chi connectivity index (χ0) is 27.5. The molecule has 1 atom stereocenters. The van der Waals surface area contributed by atoms with Gasteiger partial charge in [-0.2, -0.15) is 0 Å². The summed E-state index contributed by atoms with van der Waals surface area (Å²) in [7, 11) is 0. The summed E-state index contributed by atoms with van der Waals surface area (Å²) in [5, 5.41) is 3.79. The lowest BCUT2D eigenvalue weighted by molar-refractivity contribution is -0.119. The quantitative estimate of drug-likeness (QED) is 0.306. The Hall–Kier alpha value is -4.76. The van der Waals surface area contributed by atoms with Crippen molar-refractivity contribution >= 4 is 28.6 Å². The van der Waals surface area contributed by atoms with E-state index in [-0.39, 0.29) is 37.0 Å². The first-order chi connectivity index (χ1) is 18.8. The number of imide groups is 1. The van der Waals surface area contributed by atoms with Crippen molar-refractivity contribution in [2.24, 2.45) is 5.73 Å². The molecule has 3 amide bonds. The third kappa shape index (κ3) is 5.30. The van der Waals surface area contributed by atoms with E-state index in [1.165, 1.54) is 4.90 Å². The molecule has 0 fully saturated rings. The number of aromatic nitrogens is 1. The van der Waals surface area contributed by atoms with Crippen molar-refractivity contribution < 1.29 is 19.1 Å². The summed E-state index contributed by atoms with van der Waals surface area (Å²) < 4.78 is 7.61. The Morgan fingerprint density at radius 2 is 1.54 bits per heavy atom. The van der Waals surface area contributed by atoms with Gasteiger partial charge in [0.25, 0.3) is 17.4 Å². The van der Waals surface area contributed by atoms with Gasteiger partial charge in [0.05, 0.1) is 22.7 Å². The van der Waals surface area contributed by atoms with E-state index in [0.29, 0.717) is 40.1 Å². The molecule has 1 aromatic heterocycles. The average Bonchev–Trinajstić information content (AvgIpc) is 3.18. The maximum absolute atomic E-state index is 13.6. The van der Waals surface area contributed by atoms with Crippen LogP contribution in [-0.4, -0.2) is 39.8 Å². The van der Waals surface area contributed by atoms with Gasteiger partial charge in [0, 0.05) is 31.3 Å². The van der Waals surface area contributed by atoms with E-state index in [2.05, 4.69) is 5.32 Å². The van der Waals surface area contributed by atoms with Crippen LogP contribution in [0.3, 0.4) is 0 Å². The molecule has 4 aromatic rings. The maximum Gasteiger partial charge on any atom is 0.261 e. The molecule has 39 heavy (non-hydrogen) atoms. The molecule has 0 saturated carbocycles. The number of carbonyl (C=O) groups excluding carboxylic acids is 3. The van der Waals surface area contributed by atoms with Crippen molar-refractivity contribution in [2.45, 2.75) is 32.5 Å². The van der Waals surface area contributed by atoms with Gasteiger partial charge in [0.1, 0.15) is 11.5 Å². The Morgan fingerprint density at radius 1 is 0.872 bits per heavy atom. The van der Waals surface area contributed by atoms with E-state index in [4.69, 9.17) is 10.5 Å². The fourth-order valence-electron chi connectivity index (χ4n) is 4.64. The molecular formula is C30H28N4O5. The molecule has 1 aliphatic rings. The van der Waals surface area contributed by atoms with Gasteiger partial charge in [0.2, 0.25) is 5.91 Å². The largest absolute Gasteiger partial charge is 0.457 e. The second-order valence-electron chi connectivity index (χ2n) is 9.43. The number of amides is 3. The Balaban J connectivity index is 1.43. The minimum absolute atomic E-state index is 0.152. The van der Waals surface area contributed by atoms with E-state index >= 15 is 0 Å². The Kier molecular flexibility index (Phi) is 7.25. The van der Waals surface area contributed by atoms with Gasteiger partial charge in [-0.3, -0.25) is 24.1 Å². The molecule has 3 aromatic carbocycles. The summed E-state index contributed by atoms with van der Waals surface area (Å²) in [5.74, 6) is 0.0577. The van der Waals surface area contributed by atoms with Crippen LogP contribution in [0.2, 0.25) is 0 Å². The van der Waals surface area contributed by atoms with Crippen LogP contribution in [0.5, 0.6) is 11.5 Å². The summed E-state index contributed by atoms with van der Waals surface area (Å²) in [5.41, 5.74) is 7.02. The van der Waals surface area contributed by atoms with Gasteiger partial charge in [-0.15, -0.1) is 0 Å². The minimum Gasteiger partial charge on any atom is -0.457 e. The SMILES string of the molecule is CC(NCc1cc2ccc(Oc3ccccc3)cc2n(CCCN2C(=O)c3ccccc3C2=O)c1=O)C(N)=O. The minimum atomic E-state index is -0.607. The fourth-order valence-corrected chi connectivity index (χ4v) is 4.64. The van der Waals surface area contributed by atoms with Crippen LogP contribution < -0.4 is 21.3 Å². The number of para-hydroxylation sites is 1. The molecule has 1 unspecified atom stereocenters. The zero-order valence-electron chi connectivity index (χ0n) is 21.4. The molecule has 1 aliphatic heterocycles. The number of nitrogens with zero attached hydrogens (tertiary/aromatic N) is 2. The molecule has 3 N–H and O–H groups in total. The third-order valence-electron chi connectivity index (χ3n) is 6.79. The van der Waals surface area contributed by atoms with Crippen molar-refractivity contribution in [1.82, 2.24) is 14.8 Å². The molecule has 198 valence electrons. The topological polar surface area (TPSA) is 124 Å². The highest BCUT2D eigenvalue weighted by atomic mass is 16.5. The average molecular weight is 525 g/mol. The number of hydrogen-bond donors (Lipinski definition) is 2. The Bertz CT molecular complexity index is 1590. The third-order valence-corrected chi connectivity index (χ3v) is 6.79. The van der Waals surface area contributed by atoms with Crippen LogP contribution in [0.1, 0.15) is 39.6 Å². The monoisotopic (exact) mass is 524 g/mol. The smallest absolute Gasteiger partial charge is 0.261 e. The summed E-state index contributed by atoms with van der Waals surface area (Å²) in [4.78, 5) is 51.8. The molecule has 0 spiro atoms. The number of aryl methyl sites for hydroxylation is 1. The maximum atomic E-state index is 13.6. The fraction of sp³-hybridized carbons (Fsp3) is 0.200. The van der Waals surface area contributed by atoms with Gasteiger partial charge >= 0.3 is 0 Å². The summed E-state index contributed by atoms with van der Waals surface area (Å²) in [6, 6.07) is 22.7. The molecular weight excluding hydrogens is 496 g/mol. The highest BCUT2D eigenvalue weighted by Gasteiger charge is 2.34. The highest BCUT2D eigenvalue weighted by Crippen LogP contribution is 2.26. The Morgan fingerprint density at radius 3 is 2.21 bits per heavy atom. The van der Waals surface area contributed by atoms with E-state index in [0.717, 1.165) is 5.39 Å². The van der Waals surface area contributed by atoms with Crippen LogP contribution in [0.4, 0.5) is 0 Å². The lowest BCUT2D eigenvalue weighted by atomic mass is 10.1. The van der Waals surface area contributed by atoms with Gasteiger partial charge < -0.3 is 20.4 Å². The normalized spacial score (nSPS) is 13.5. The van der Waals surface area contributed by atoms with Gasteiger partial charge in [-0.05, 0) is 61.2 Å². The highest BCUT2D eigenvalue weighted by molar-refractivity contribution is 6.21. The van der Waals surface area contributed by atoms with E-state index in [1.54, 1.807) is 47.9 Å². The first-order valence-electron chi connectivity index (χ1n) is 12.7. The number of ether oxygens (including phenoxy) is 1. The molecule has 0 aliphatic carbocycles. The number of nitrogens with one attached hydrogen (secondary N) is 1. The van der Waals surface area contributed by atoms with Gasteiger partial charge in [0.15, 0.2) is 0 Å². The molecule has 0 radical (unpaired) electrons. The number of primary amides is 1. The predicted molar refractivity (Wildman–Crippen MR) is 147 cm³/mol. The van der Waals surface area contributed by atoms with E-state index in [9.17, 15) is 19.2 Å². The summed E-state index contributed by atoms with van der Waals surface area (Å²) >= 11 is 0. The van der Waals surface area contributed by atoms with Crippen molar-refractivity contribution in [1.29, 1.82) is 0 Å². The summed E-state index contributed by atoms with van der Waals surface area (Å²) in [6.45, 7) is 2.22. The molecule has 5 rings (SSSR count). The van der Waals surface area contributed by atoms with Crippen LogP contribution in [0.15, 0.2) is 83.7 Å². The predicted octanol–water partition coefficient (Wildman–Crippen LogP) is 3.44. The van der Waals surface area contributed by atoms with E-state index in [1.807, 2.05) is 42.5 Å². The van der Waals surface area contributed by atoms with Gasteiger partial charge in [-0.1, -0.05) is 30.3 Å². The summed E-state index contributed by atoms with van der Waals surface area (Å²) in [6.07, 6.45) is 0.374. The zero-order valence-corrected chi connectivity index (χ0v) is 21.4. The lowest BCUT2D eigenvalue weighted by Crippen LogP contribution is -2.39. The molecule has 9 heteroatoms. The standard InChI is InChI=1S/C30H28N4O5/c1-19(27(31)35)32-18-21-16-20-12-13-23(39-22-8-3-2-4-9-22)17-26(20)33(28(21)36)14-7-15-34-29(37)24-10-5-6-11-25(24)30(34)38/h2-6,8-13,16-17,19,32H,7,14-15,18H2,1H3,(H2,31,35). The Labute approximate surface area is 224 Å². The number of carbonyl (C=O) groups is 3. The van der Waals surface area contributed by atoms with Crippen LogP contribution >= 0.6 is 0 Å². The van der Waals surface area contributed by atoms with Crippen molar-refractivity contribution in [3.63, 3.8) is 0 Å². The molecule has 0 saturated heterocycles. The van der Waals surface area contributed by atoms with E-state index < -0.39 is 11.9 Å². The number of rotatable bonds is 10. The number of pyridine rings is 1. The van der Waals surface area contributed by atoms with Crippen LogP contribution in [-0.2, 0) is 17.9 Å². The lowest BCUT2D eigenvalue weighted by Gasteiger charge is -2.18. The van der Waals surface area contributed by atoms with Gasteiger partial charge in [-0.25, -0.2) is 0 Å². The van der Waals surface area contributed by atoms with Crippen molar-refractivity contribution in [3.05, 3.63) is 106 Å². The van der Waals surface area contributed by atoms with Crippen molar-refractivity contribution in [2.75, 3.05) is 6.54 Å². The first kappa shape index (κ1) is 25.9. The second-order valence-corrected chi connectivity index (χ2v) is 9.43. The number of nitrogens with two attached hydrogens (primary N) is 1. The first-order valence-corrected chi connectivity index (χ1v) is 12.7. The number of benzene rings is 3. The number of hydrogen-bond acceptors (Lipinski definition) is 6. The molecule has 9 nitrogen and oxygen atoms in total. The van der Waals surface area contributed by atoms with Crippen molar-refractivity contribution in [3.8, 4) is 11.5 Å². The van der Waals surface area contributed by atoms with Crippen LogP contribution in [0.25, 0.3) is 10.9 Å².